The maximum atomic E-state index is 15.9. The van der Waals surface area contributed by atoms with Crippen LogP contribution in [0.2, 0.25) is 0 Å². The van der Waals surface area contributed by atoms with Crippen molar-refractivity contribution in [2.24, 2.45) is 0 Å². The molecule has 0 N–H and O–H groups in total. The van der Waals surface area contributed by atoms with E-state index in [-0.39, 0.29) is 44.7 Å². The quantitative estimate of drug-likeness (QED) is 0.0481. The van der Waals surface area contributed by atoms with Crippen LogP contribution < -0.4 is 9.47 Å². The molecule has 0 aromatic heterocycles. The minimum atomic E-state index is -2.17. The van der Waals surface area contributed by atoms with Gasteiger partial charge < -0.3 is 56.8 Å². The molecule has 0 saturated carbocycles. The molecule has 0 amide bonds. The number of rotatable bonds is 21. The highest BCUT2D eigenvalue weighted by atomic mass is 16.8. The van der Waals surface area contributed by atoms with E-state index in [1.807, 2.05) is 97.0 Å². The van der Waals surface area contributed by atoms with Crippen molar-refractivity contribution in [2.75, 3.05) is 20.3 Å². The minimum absolute atomic E-state index is 0.0974. The zero-order valence-corrected chi connectivity index (χ0v) is 65.8. The Morgan fingerprint density at radius 2 is 0.481 bits per heavy atom. The molecular weight excluding hydrogens is 1370 g/mol. The molecule has 19 nitrogen and oxygen atoms in total. The van der Waals surface area contributed by atoms with Gasteiger partial charge >= 0.3 is 41.8 Å². The molecule has 2 fully saturated rings. The predicted octanol–water partition coefficient (Wildman–Crippen LogP) is 16.2. The van der Waals surface area contributed by atoms with Gasteiger partial charge in [-0.1, -0.05) is 124 Å². The lowest BCUT2D eigenvalue weighted by Crippen LogP contribution is -2.68. The highest BCUT2D eigenvalue weighted by Gasteiger charge is 2.59. The Morgan fingerprint density at radius 1 is 0.269 bits per heavy atom. The van der Waals surface area contributed by atoms with Crippen LogP contribution in [0.15, 0.2) is 109 Å². The van der Waals surface area contributed by atoms with Gasteiger partial charge in [0.2, 0.25) is 6.29 Å². The Hall–Kier alpha value is -10.5. The first kappa shape index (κ1) is 80.1. The van der Waals surface area contributed by atoms with Gasteiger partial charge in [-0.3, -0.25) is 0 Å². The number of benzene rings is 8. The molecular formula is C89H98O19. The maximum Gasteiger partial charge on any atom is 0.339 e. The summed E-state index contributed by atoms with van der Waals surface area (Å²) in [6.07, 6.45) is -19.1. The number of aryl methyl sites for hydroxylation is 21. The fraction of sp³-hybridized carbons (Fsp3) is 0.382. The van der Waals surface area contributed by atoms with Crippen LogP contribution in [0, 0.1) is 145 Å². The third-order valence-corrected chi connectivity index (χ3v) is 19.9. The lowest BCUT2D eigenvalue weighted by atomic mass is 9.94. The van der Waals surface area contributed by atoms with Crippen LogP contribution in [-0.2, 0) is 47.4 Å². The molecule has 0 bridgehead atoms. The molecule has 108 heavy (non-hydrogen) atoms. The maximum absolute atomic E-state index is 15.9. The summed E-state index contributed by atoms with van der Waals surface area (Å²) in [4.78, 5) is 108. The monoisotopic (exact) mass is 1470 g/mol. The summed E-state index contributed by atoms with van der Waals surface area (Å²) in [6, 6.07) is 31.8. The summed E-state index contributed by atoms with van der Waals surface area (Å²) in [5, 5.41) is 0. The first-order valence-electron chi connectivity index (χ1n) is 36.2. The topological polar surface area (TPSA) is 230 Å². The molecule has 8 aromatic carbocycles. The molecule has 10 rings (SSSR count). The average Bonchev–Trinajstić information content (AvgIpc) is 0.752. The van der Waals surface area contributed by atoms with Gasteiger partial charge in [0.25, 0.3) is 0 Å². The smallest absolute Gasteiger partial charge is 0.339 e. The van der Waals surface area contributed by atoms with Crippen molar-refractivity contribution in [3.05, 3.63) is 265 Å². The van der Waals surface area contributed by atoms with E-state index in [0.717, 1.165) is 38.9 Å². The molecule has 0 spiro atoms. The van der Waals surface area contributed by atoms with E-state index in [1.54, 1.807) is 158 Å². The normalized spacial score (nSPS) is 19.7. The van der Waals surface area contributed by atoms with E-state index in [9.17, 15) is 9.59 Å². The summed E-state index contributed by atoms with van der Waals surface area (Å²) in [6.45, 7) is 36.2. The van der Waals surface area contributed by atoms with E-state index in [1.165, 1.54) is 7.11 Å². The lowest BCUT2D eigenvalue weighted by molar-refractivity contribution is -0.349. The number of carbonyl (C=O) groups is 7. The van der Waals surface area contributed by atoms with Gasteiger partial charge in [0.15, 0.2) is 36.8 Å². The van der Waals surface area contributed by atoms with E-state index in [0.29, 0.717) is 83.6 Å². The van der Waals surface area contributed by atoms with Gasteiger partial charge in [-0.15, -0.1) is 0 Å². The molecule has 0 aliphatic carbocycles. The van der Waals surface area contributed by atoms with Crippen LogP contribution in [0.5, 0.6) is 11.5 Å². The van der Waals surface area contributed by atoms with Crippen LogP contribution >= 0.6 is 0 Å². The van der Waals surface area contributed by atoms with Gasteiger partial charge in [0.1, 0.15) is 43.0 Å². The number of hydrogen-bond acceptors (Lipinski definition) is 19. The van der Waals surface area contributed by atoms with Gasteiger partial charge in [-0.05, 0) is 248 Å². The van der Waals surface area contributed by atoms with Crippen molar-refractivity contribution in [3.63, 3.8) is 0 Å². The second-order valence-electron chi connectivity index (χ2n) is 29.4. The Balaban J connectivity index is 1.26. The number of esters is 7. The van der Waals surface area contributed by atoms with Gasteiger partial charge in [0.05, 0.1) is 46.1 Å². The SMILES string of the molecule is COc1ccc(O[C@@H]2O[C@H](COC(=O)c3c(C)cc(C)cc3C)[C@H](OC(=O)c3c(C)cc(C)cc3C)[C@H](O[C@@H]3O[C@H](COC(=O)c4c(C)cc(C)cc4C)[C@H](OC(=O)c4c(C)cc(C)cc4C)[C@H](OC(=O)c4c(C)cc(C)cc4C)[C@H]3OC(=O)c3c(C)cc(C)cc3C)[C@H]2OC(=O)c2c(C)cc(C)cc2C)cc1. The van der Waals surface area contributed by atoms with Gasteiger partial charge in [0, 0.05) is 0 Å². The molecule has 568 valence electrons. The largest absolute Gasteiger partial charge is 0.497 e. The number of carbonyl (C=O) groups excluding carboxylic acids is 7. The molecule has 8 aromatic rings. The van der Waals surface area contributed by atoms with Crippen molar-refractivity contribution in [2.45, 2.75) is 207 Å². The van der Waals surface area contributed by atoms with E-state index in [4.69, 9.17) is 56.8 Å². The lowest BCUT2D eigenvalue weighted by Gasteiger charge is -2.49. The zero-order chi connectivity index (χ0) is 78.8. The molecule has 19 heteroatoms. The third-order valence-electron chi connectivity index (χ3n) is 19.9. The average molecular weight is 1470 g/mol. The van der Waals surface area contributed by atoms with Crippen LogP contribution in [0.25, 0.3) is 0 Å². The second kappa shape index (κ2) is 33.3. The van der Waals surface area contributed by atoms with E-state index >= 15 is 24.0 Å². The summed E-state index contributed by atoms with van der Waals surface area (Å²) in [7, 11) is 1.49. The Bertz CT molecular complexity index is 4690. The van der Waals surface area contributed by atoms with Crippen molar-refractivity contribution in [1.82, 2.24) is 0 Å². The molecule has 0 radical (unpaired) electrons. The Kier molecular flexibility index (Phi) is 24.7. The van der Waals surface area contributed by atoms with Crippen LogP contribution in [0.1, 0.15) is 189 Å². The molecule has 0 unspecified atom stereocenters. The fourth-order valence-corrected chi connectivity index (χ4v) is 15.9. The first-order chi connectivity index (χ1) is 51.0. The fourth-order valence-electron chi connectivity index (χ4n) is 15.9. The van der Waals surface area contributed by atoms with Crippen LogP contribution in [0.4, 0.5) is 0 Å². The van der Waals surface area contributed by atoms with Gasteiger partial charge in [-0.2, -0.15) is 0 Å². The summed E-state index contributed by atoms with van der Waals surface area (Å²) in [5.74, 6) is -5.70. The zero-order valence-electron chi connectivity index (χ0n) is 65.8. The van der Waals surface area contributed by atoms with Crippen molar-refractivity contribution < 1.29 is 90.4 Å². The van der Waals surface area contributed by atoms with Crippen molar-refractivity contribution >= 4 is 41.8 Å². The minimum Gasteiger partial charge on any atom is -0.497 e. The predicted molar refractivity (Wildman–Crippen MR) is 407 cm³/mol. The Labute approximate surface area is 632 Å². The summed E-state index contributed by atoms with van der Waals surface area (Å²) in [5.41, 5.74) is 14.6. The molecule has 2 aliphatic rings. The standard InChI is InChI=1S/C89H98O19/c1-43-27-50(8)68(51(9)28-43)81(90)98-41-66-75(103-83(92)70-54(12)31-45(3)32-55(70)13)77(105-85(94)72-58(16)35-47(5)36-59(72)17)79(106-86(95)73-60(18)37-48(6)38-61(73)19)89(102-66)108-78-76(104-84(93)71-56(14)33-46(4)34-57(71)15)67(42-99-82(91)69-52(10)29-44(2)30-53(69)11)101-88(100-65-25-23-64(97-22)24-26-65)80(78)107-87(96)74-62(20)39-49(7)40-63(74)21/h23-40,66-67,75-80,88-89H,41-42H2,1-22H3/t66-,67-,75+,76+,77+,78+,79-,80-,88-,89+/m1/s1. The molecule has 2 saturated heterocycles. The van der Waals surface area contributed by atoms with Crippen molar-refractivity contribution in [1.29, 1.82) is 0 Å². The van der Waals surface area contributed by atoms with Crippen LogP contribution in [0.3, 0.4) is 0 Å². The number of ether oxygens (including phenoxy) is 12. The Morgan fingerprint density at radius 3 is 0.750 bits per heavy atom. The third kappa shape index (κ3) is 17.7. The van der Waals surface area contributed by atoms with E-state index in [2.05, 4.69) is 0 Å². The number of hydrogen-bond donors (Lipinski definition) is 0. The second-order valence-corrected chi connectivity index (χ2v) is 29.4. The van der Waals surface area contributed by atoms with Gasteiger partial charge in [-0.25, -0.2) is 33.6 Å². The first-order valence-corrected chi connectivity index (χ1v) is 36.2. The summed E-state index contributed by atoms with van der Waals surface area (Å²) >= 11 is 0. The van der Waals surface area contributed by atoms with E-state index < -0.39 is 116 Å². The van der Waals surface area contributed by atoms with Crippen molar-refractivity contribution in [3.8, 4) is 11.5 Å². The van der Waals surface area contributed by atoms with Crippen LogP contribution in [-0.4, -0.2) is 124 Å². The highest BCUT2D eigenvalue weighted by molar-refractivity contribution is 5.97. The highest BCUT2D eigenvalue weighted by Crippen LogP contribution is 2.40. The molecule has 2 heterocycles. The molecule has 10 atom stereocenters. The summed E-state index contributed by atoms with van der Waals surface area (Å²) < 4.78 is 81.3. The number of methoxy groups -OCH3 is 1. The molecule has 2 aliphatic heterocycles.